The summed E-state index contributed by atoms with van der Waals surface area (Å²) in [6, 6.07) is 4.13. The van der Waals surface area contributed by atoms with Gasteiger partial charge in [0.05, 0.1) is 13.2 Å². The fourth-order valence-corrected chi connectivity index (χ4v) is 2.41. The van der Waals surface area contributed by atoms with Crippen molar-refractivity contribution < 1.29 is 4.74 Å². The van der Waals surface area contributed by atoms with Gasteiger partial charge in [0.15, 0.2) is 11.8 Å². The molecule has 0 saturated heterocycles. The van der Waals surface area contributed by atoms with Crippen LogP contribution >= 0.6 is 11.3 Å². The molecule has 0 fully saturated rings. The Balaban J connectivity index is 1.95. The standard InChI is InChI=1S/C14H22N6OS/c1-11-18-19-13(20(11)2)10-17-14(15-6-7-21-3)16-9-12-5-4-8-22-12/h4-5,8H,6-7,9-10H2,1-3H3,(H2,15,16,17). The van der Waals surface area contributed by atoms with E-state index in [4.69, 9.17) is 4.74 Å². The van der Waals surface area contributed by atoms with E-state index < -0.39 is 0 Å². The van der Waals surface area contributed by atoms with E-state index in [9.17, 15) is 0 Å². The minimum Gasteiger partial charge on any atom is -0.383 e. The first-order valence-electron chi connectivity index (χ1n) is 7.09. The van der Waals surface area contributed by atoms with Crippen LogP contribution in [0.25, 0.3) is 0 Å². The molecule has 0 amide bonds. The lowest BCUT2D eigenvalue weighted by molar-refractivity contribution is 0.203. The summed E-state index contributed by atoms with van der Waals surface area (Å²) >= 11 is 1.72. The lowest BCUT2D eigenvalue weighted by atomic mass is 10.4. The number of thiophene rings is 1. The van der Waals surface area contributed by atoms with Crippen LogP contribution in [0.1, 0.15) is 16.5 Å². The number of aromatic nitrogens is 3. The van der Waals surface area contributed by atoms with Crippen molar-refractivity contribution in [1.29, 1.82) is 0 Å². The summed E-state index contributed by atoms with van der Waals surface area (Å²) < 4.78 is 7.00. The quantitative estimate of drug-likeness (QED) is 0.453. The summed E-state index contributed by atoms with van der Waals surface area (Å²) in [6.07, 6.45) is 0. The Morgan fingerprint density at radius 1 is 1.41 bits per heavy atom. The van der Waals surface area contributed by atoms with Crippen molar-refractivity contribution in [3.63, 3.8) is 0 Å². The van der Waals surface area contributed by atoms with Crippen molar-refractivity contribution in [2.75, 3.05) is 20.3 Å². The number of hydrogen-bond donors (Lipinski definition) is 2. The van der Waals surface area contributed by atoms with Crippen LogP contribution in [0.4, 0.5) is 0 Å². The molecule has 120 valence electrons. The number of rotatable bonds is 7. The van der Waals surface area contributed by atoms with Gasteiger partial charge in [-0.15, -0.1) is 21.5 Å². The number of ether oxygens (including phenoxy) is 1. The SMILES string of the molecule is COCCNC(=NCc1nnc(C)n1C)NCc1cccs1. The molecular formula is C14H22N6OS. The van der Waals surface area contributed by atoms with Gasteiger partial charge in [0.25, 0.3) is 0 Å². The number of methoxy groups -OCH3 is 1. The van der Waals surface area contributed by atoms with Crippen LogP contribution in [0.5, 0.6) is 0 Å². The van der Waals surface area contributed by atoms with Crippen LogP contribution in [-0.4, -0.2) is 41.0 Å². The third-order valence-corrected chi connectivity index (χ3v) is 4.05. The molecule has 8 heteroatoms. The molecule has 2 heterocycles. The van der Waals surface area contributed by atoms with Crippen LogP contribution in [0.2, 0.25) is 0 Å². The number of nitrogens with one attached hydrogen (secondary N) is 2. The molecule has 0 atom stereocenters. The van der Waals surface area contributed by atoms with E-state index in [0.29, 0.717) is 19.7 Å². The highest BCUT2D eigenvalue weighted by Gasteiger charge is 2.05. The van der Waals surface area contributed by atoms with E-state index in [1.807, 2.05) is 24.6 Å². The Hall–Kier alpha value is -1.93. The van der Waals surface area contributed by atoms with Crippen LogP contribution in [0, 0.1) is 6.92 Å². The Morgan fingerprint density at radius 2 is 2.27 bits per heavy atom. The van der Waals surface area contributed by atoms with E-state index in [-0.39, 0.29) is 0 Å². The number of aryl methyl sites for hydroxylation is 1. The molecule has 0 aliphatic carbocycles. The minimum atomic E-state index is 0.476. The van der Waals surface area contributed by atoms with Crippen molar-refractivity contribution in [2.24, 2.45) is 12.0 Å². The molecule has 0 aromatic carbocycles. The summed E-state index contributed by atoms with van der Waals surface area (Å²) in [6.45, 7) is 4.47. The van der Waals surface area contributed by atoms with Crippen LogP contribution in [-0.2, 0) is 24.9 Å². The van der Waals surface area contributed by atoms with Gasteiger partial charge < -0.3 is 19.9 Å². The first kappa shape index (κ1) is 16.4. The Morgan fingerprint density at radius 3 is 2.91 bits per heavy atom. The van der Waals surface area contributed by atoms with Crippen molar-refractivity contribution in [2.45, 2.75) is 20.0 Å². The van der Waals surface area contributed by atoms with E-state index in [2.05, 4.69) is 37.3 Å². The van der Waals surface area contributed by atoms with E-state index in [0.717, 1.165) is 24.2 Å². The zero-order valence-electron chi connectivity index (χ0n) is 13.2. The van der Waals surface area contributed by atoms with Crippen LogP contribution in [0.15, 0.2) is 22.5 Å². The maximum Gasteiger partial charge on any atom is 0.192 e. The second-order valence-electron chi connectivity index (χ2n) is 4.74. The van der Waals surface area contributed by atoms with Crippen LogP contribution in [0.3, 0.4) is 0 Å². The fraction of sp³-hybridized carbons (Fsp3) is 0.500. The second-order valence-corrected chi connectivity index (χ2v) is 5.77. The van der Waals surface area contributed by atoms with Crippen molar-refractivity contribution >= 4 is 17.3 Å². The molecule has 0 unspecified atom stereocenters. The highest BCUT2D eigenvalue weighted by molar-refractivity contribution is 7.09. The maximum atomic E-state index is 5.06. The van der Waals surface area contributed by atoms with E-state index in [1.54, 1.807) is 18.4 Å². The molecular weight excluding hydrogens is 300 g/mol. The molecule has 0 aliphatic heterocycles. The maximum absolute atomic E-state index is 5.06. The minimum absolute atomic E-state index is 0.476. The highest BCUT2D eigenvalue weighted by Crippen LogP contribution is 2.07. The summed E-state index contributed by atoms with van der Waals surface area (Å²) in [5, 5.41) is 16.8. The van der Waals surface area contributed by atoms with E-state index >= 15 is 0 Å². The molecule has 0 radical (unpaired) electrons. The van der Waals surface area contributed by atoms with E-state index in [1.165, 1.54) is 4.88 Å². The predicted molar refractivity (Wildman–Crippen MR) is 87.9 cm³/mol. The Bertz CT molecular complexity index is 593. The van der Waals surface area contributed by atoms with Gasteiger partial charge >= 0.3 is 0 Å². The topological polar surface area (TPSA) is 76.4 Å². The molecule has 0 bridgehead atoms. The van der Waals surface area contributed by atoms with Crippen LogP contribution < -0.4 is 10.6 Å². The summed E-state index contributed by atoms with van der Waals surface area (Å²) in [5.74, 6) is 2.46. The molecule has 7 nitrogen and oxygen atoms in total. The molecule has 22 heavy (non-hydrogen) atoms. The largest absolute Gasteiger partial charge is 0.383 e. The summed E-state index contributed by atoms with van der Waals surface area (Å²) in [4.78, 5) is 5.82. The van der Waals surface area contributed by atoms with Gasteiger partial charge in [-0.05, 0) is 18.4 Å². The third kappa shape index (κ3) is 4.81. The number of guanidine groups is 1. The smallest absolute Gasteiger partial charge is 0.192 e. The van der Waals surface area contributed by atoms with Gasteiger partial charge in [-0.25, -0.2) is 4.99 Å². The van der Waals surface area contributed by atoms with Gasteiger partial charge in [0, 0.05) is 25.6 Å². The Kier molecular flexibility index (Phi) is 6.35. The van der Waals surface area contributed by atoms with Gasteiger partial charge in [0.2, 0.25) is 0 Å². The molecule has 2 rings (SSSR count). The number of aliphatic imine (C=N–C) groups is 1. The van der Waals surface area contributed by atoms with Gasteiger partial charge in [-0.3, -0.25) is 0 Å². The molecule has 0 spiro atoms. The van der Waals surface area contributed by atoms with Crippen molar-refractivity contribution in [3.8, 4) is 0 Å². The predicted octanol–water partition coefficient (Wildman–Crippen LogP) is 1.07. The normalized spacial score (nSPS) is 11.7. The summed E-state index contributed by atoms with van der Waals surface area (Å²) in [7, 11) is 3.62. The summed E-state index contributed by atoms with van der Waals surface area (Å²) in [5.41, 5.74) is 0. The molecule has 2 aromatic rings. The zero-order chi connectivity index (χ0) is 15.8. The van der Waals surface area contributed by atoms with Gasteiger partial charge in [-0.2, -0.15) is 0 Å². The molecule has 0 saturated carbocycles. The van der Waals surface area contributed by atoms with Crippen molar-refractivity contribution in [3.05, 3.63) is 34.0 Å². The van der Waals surface area contributed by atoms with Crippen molar-refractivity contribution in [1.82, 2.24) is 25.4 Å². The monoisotopic (exact) mass is 322 g/mol. The molecule has 2 N–H and O–H groups in total. The average Bonchev–Trinajstić information content (AvgIpc) is 3.14. The van der Waals surface area contributed by atoms with Gasteiger partial charge in [-0.1, -0.05) is 6.07 Å². The first-order valence-corrected chi connectivity index (χ1v) is 7.97. The number of hydrogen-bond acceptors (Lipinski definition) is 5. The lowest BCUT2D eigenvalue weighted by Crippen LogP contribution is -2.38. The fourth-order valence-electron chi connectivity index (χ4n) is 1.77. The van der Waals surface area contributed by atoms with Gasteiger partial charge in [0.1, 0.15) is 12.4 Å². The zero-order valence-corrected chi connectivity index (χ0v) is 14.0. The Labute approximate surface area is 134 Å². The molecule has 0 aliphatic rings. The average molecular weight is 322 g/mol. The number of nitrogens with zero attached hydrogens (tertiary/aromatic N) is 4. The molecule has 2 aromatic heterocycles. The highest BCUT2D eigenvalue weighted by atomic mass is 32.1. The lowest BCUT2D eigenvalue weighted by Gasteiger charge is -2.11. The second kappa shape index (κ2) is 8.50. The third-order valence-electron chi connectivity index (χ3n) is 3.17. The first-order chi connectivity index (χ1) is 10.7.